The Morgan fingerprint density at radius 3 is 1.76 bits per heavy atom. The Kier molecular flexibility index (Phi) is 4.84. The summed E-state index contributed by atoms with van der Waals surface area (Å²) in [6, 6.07) is 18.1. The van der Waals surface area contributed by atoms with Gasteiger partial charge in [0, 0.05) is 0 Å². The summed E-state index contributed by atoms with van der Waals surface area (Å²) in [5.74, 6) is 0. The Labute approximate surface area is 129 Å². The summed E-state index contributed by atoms with van der Waals surface area (Å²) in [5, 5.41) is 3.59. The SMILES string of the molecule is CCNC(c1ccc(C)cc1)c1ccc(C(C)(C)C)cc1. The minimum absolute atomic E-state index is 0.204. The molecule has 1 atom stereocenters. The van der Waals surface area contributed by atoms with E-state index in [-0.39, 0.29) is 11.5 Å². The van der Waals surface area contributed by atoms with Gasteiger partial charge >= 0.3 is 0 Å². The van der Waals surface area contributed by atoms with Gasteiger partial charge in [0.25, 0.3) is 0 Å². The van der Waals surface area contributed by atoms with Crippen molar-refractivity contribution in [1.82, 2.24) is 5.32 Å². The molecule has 21 heavy (non-hydrogen) atoms. The molecule has 0 spiro atoms. The average Bonchev–Trinajstić information content (AvgIpc) is 2.45. The van der Waals surface area contributed by atoms with Gasteiger partial charge in [-0.3, -0.25) is 0 Å². The molecule has 0 saturated carbocycles. The van der Waals surface area contributed by atoms with E-state index in [1.165, 1.54) is 22.3 Å². The second-order valence-electron chi connectivity index (χ2n) is 6.77. The van der Waals surface area contributed by atoms with Crippen LogP contribution < -0.4 is 5.32 Å². The Morgan fingerprint density at radius 2 is 1.33 bits per heavy atom. The summed E-state index contributed by atoms with van der Waals surface area (Å²) >= 11 is 0. The highest BCUT2D eigenvalue weighted by Gasteiger charge is 2.16. The fourth-order valence-electron chi connectivity index (χ4n) is 2.57. The van der Waals surface area contributed by atoms with Crippen molar-refractivity contribution in [1.29, 1.82) is 0 Å². The summed E-state index contributed by atoms with van der Waals surface area (Å²) in [4.78, 5) is 0. The smallest absolute Gasteiger partial charge is 0.0576 e. The molecule has 0 amide bonds. The molecule has 2 aromatic rings. The third-order valence-electron chi connectivity index (χ3n) is 3.93. The van der Waals surface area contributed by atoms with Crippen LogP contribution in [0.1, 0.15) is 56.0 Å². The van der Waals surface area contributed by atoms with E-state index >= 15 is 0 Å². The van der Waals surface area contributed by atoms with Gasteiger partial charge in [-0.2, -0.15) is 0 Å². The van der Waals surface area contributed by atoms with E-state index in [1.54, 1.807) is 0 Å². The van der Waals surface area contributed by atoms with Gasteiger partial charge in [-0.25, -0.2) is 0 Å². The van der Waals surface area contributed by atoms with Crippen LogP contribution in [-0.2, 0) is 5.41 Å². The molecule has 112 valence electrons. The van der Waals surface area contributed by atoms with Crippen LogP contribution in [0.5, 0.6) is 0 Å². The first-order chi connectivity index (χ1) is 9.91. The Balaban J connectivity index is 2.32. The second kappa shape index (κ2) is 6.44. The molecular formula is C20H27N. The highest BCUT2D eigenvalue weighted by Crippen LogP contribution is 2.27. The average molecular weight is 281 g/mol. The molecule has 0 bridgehead atoms. The van der Waals surface area contributed by atoms with Crippen LogP contribution in [0.15, 0.2) is 48.5 Å². The van der Waals surface area contributed by atoms with E-state index in [1.807, 2.05) is 0 Å². The third-order valence-corrected chi connectivity index (χ3v) is 3.93. The lowest BCUT2D eigenvalue weighted by Gasteiger charge is -2.22. The summed E-state index contributed by atoms with van der Waals surface area (Å²) in [6.45, 7) is 12.0. The van der Waals surface area contributed by atoms with Crippen LogP contribution in [0.2, 0.25) is 0 Å². The first-order valence-electron chi connectivity index (χ1n) is 7.82. The molecule has 0 saturated heterocycles. The van der Waals surface area contributed by atoms with Gasteiger partial charge in [0.2, 0.25) is 0 Å². The highest BCUT2D eigenvalue weighted by atomic mass is 14.9. The molecule has 2 rings (SSSR count). The maximum absolute atomic E-state index is 3.59. The summed E-state index contributed by atoms with van der Waals surface area (Å²) in [6.07, 6.45) is 0. The molecule has 1 unspecified atom stereocenters. The predicted molar refractivity (Wildman–Crippen MR) is 91.8 cm³/mol. The monoisotopic (exact) mass is 281 g/mol. The van der Waals surface area contributed by atoms with Crippen LogP contribution in [0.4, 0.5) is 0 Å². The Hall–Kier alpha value is -1.60. The molecule has 1 heteroatoms. The van der Waals surface area contributed by atoms with Crippen molar-refractivity contribution in [2.75, 3.05) is 6.54 Å². The molecule has 0 aliphatic rings. The largest absolute Gasteiger partial charge is 0.307 e. The molecular weight excluding hydrogens is 254 g/mol. The lowest BCUT2D eigenvalue weighted by atomic mass is 9.85. The number of hydrogen-bond acceptors (Lipinski definition) is 1. The maximum atomic E-state index is 3.59. The quantitative estimate of drug-likeness (QED) is 0.832. The minimum Gasteiger partial charge on any atom is -0.307 e. The highest BCUT2D eigenvalue weighted by molar-refractivity contribution is 5.36. The first kappa shape index (κ1) is 15.8. The zero-order valence-corrected chi connectivity index (χ0v) is 13.9. The lowest BCUT2D eigenvalue weighted by molar-refractivity contribution is 0.587. The number of hydrogen-bond donors (Lipinski definition) is 1. The molecule has 0 aliphatic heterocycles. The minimum atomic E-state index is 0.204. The van der Waals surface area contributed by atoms with Gasteiger partial charge < -0.3 is 5.32 Å². The van der Waals surface area contributed by atoms with Crippen LogP contribution in [0.3, 0.4) is 0 Å². The van der Waals surface area contributed by atoms with Crippen LogP contribution in [0, 0.1) is 6.92 Å². The number of aryl methyl sites for hydroxylation is 1. The van der Waals surface area contributed by atoms with Crippen molar-refractivity contribution >= 4 is 0 Å². The molecule has 1 N–H and O–H groups in total. The zero-order valence-electron chi connectivity index (χ0n) is 13.9. The second-order valence-corrected chi connectivity index (χ2v) is 6.77. The maximum Gasteiger partial charge on any atom is 0.0576 e. The third kappa shape index (κ3) is 3.95. The van der Waals surface area contributed by atoms with Crippen molar-refractivity contribution in [3.05, 3.63) is 70.8 Å². The fraction of sp³-hybridized carbons (Fsp3) is 0.400. The van der Waals surface area contributed by atoms with E-state index in [0.29, 0.717) is 0 Å². The van der Waals surface area contributed by atoms with E-state index in [0.717, 1.165) is 6.54 Å². The fourth-order valence-corrected chi connectivity index (χ4v) is 2.57. The molecule has 0 aliphatic carbocycles. The predicted octanol–water partition coefficient (Wildman–Crippen LogP) is 4.99. The Bertz CT molecular complexity index is 558. The van der Waals surface area contributed by atoms with Gasteiger partial charge in [-0.15, -0.1) is 0 Å². The molecule has 2 aromatic carbocycles. The summed E-state index contributed by atoms with van der Waals surface area (Å²) in [7, 11) is 0. The van der Waals surface area contributed by atoms with E-state index in [2.05, 4.69) is 88.5 Å². The van der Waals surface area contributed by atoms with E-state index < -0.39 is 0 Å². The molecule has 0 radical (unpaired) electrons. The summed E-state index contributed by atoms with van der Waals surface area (Å²) < 4.78 is 0. The van der Waals surface area contributed by atoms with Gasteiger partial charge in [0.15, 0.2) is 0 Å². The Morgan fingerprint density at radius 1 is 0.857 bits per heavy atom. The summed E-state index contributed by atoms with van der Waals surface area (Å²) in [5.41, 5.74) is 5.54. The van der Waals surface area contributed by atoms with Crippen molar-refractivity contribution in [2.45, 2.75) is 46.1 Å². The van der Waals surface area contributed by atoms with Gasteiger partial charge in [0.1, 0.15) is 0 Å². The van der Waals surface area contributed by atoms with Crippen LogP contribution in [-0.4, -0.2) is 6.54 Å². The van der Waals surface area contributed by atoms with Gasteiger partial charge in [-0.1, -0.05) is 81.8 Å². The number of rotatable bonds is 4. The van der Waals surface area contributed by atoms with Crippen molar-refractivity contribution in [3.8, 4) is 0 Å². The molecule has 0 fully saturated rings. The van der Waals surface area contributed by atoms with Gasteiger partial charge in [-0.05, 0) is 35.6 Å². The number of benzene rings is 2. The first-order valence-corrected chi connectivity index (χ1v) is 7.82. The molecule has 0 heterocycles. The van der Waals surface area contributed by atoms with Gasteiger partial charge in [0.05, 0.1) is 6.04 Å². The van der Waals surface area contributed by atoms with Crippen LogP contribution in [0.25, 0.3) is 0 Å². The van der Waals surface area contributed by atoms with Crippen molar-refractivity contribution < 1.29 is 0 Å². The van der Waals surface area contributed by atoms with Crippen molar-refractivity contribution in [3.63, 3.8) is 0 Å². The lowest BCUT2D eigenvalue weighted by Crippen LogP contribution is -2.22. The number of nitrogens with one attached hydrogen (secondary N) is 1. The molecule has 0 aromatic heterocycles. The standard InChI is InChI=1S/C20H27N/c1-6-21-19(16-9-7-15(2)8-10-16)17-11-13-18(14-12-17)20(3,4)5/h7-14,19,21H,6H2,1-5H3. The normalized spacial score (nSPS) is 13.2. The van der Waals surface area contributed by atoms with E-state index in [4.69, 9.17) is 0 Å². The van der Waals surface area contributed by atoms with Crippen LogP contribution >= 0.6 is 0 Å². The molecule has 1 nitrogen and oxygen atoms in total. The zero-order chi connectivity index (χ0) is 15.5. The van der Waals surface area contributed by atoms with E-state index in [9.17, 15) is 0 Å². The van der Waals surface area contributed by atoms with Crippen molar-refractivity contribution in [2.24, 2.45) is 0 Å². The topological polar surface area (TPSA) is 12.0 Å².